The fourth-order valence-electron chi connectivity index (χ4n) is 1.63. The third-order valence-corrected chi connectivity index (χ3v) is 2.78. The molecule has 0 aliphatic rings. The maximum atomic E-state index is 11.7. The van der Waals surface area contributed by atoms with E-state index in [1.54, 1.807) is 6.92 Å². The van der Waals surface area contributed by atoms with Crippen molar-refractivity contribution in [2.45, 2.75) is 26.7 Å². The zero-order valence-corrected chi connectivity index (χ0v) is 11.3. The molecule has 104 valence electrons. The Morgan fingerprint density at radius 3 is 2.63 bits per heavy atom. The number of hydrogen-bond donors (Lipinski definition) is 3. The molecular formula is C14H20N2O3. The Bertz CT molecular complexity index is 446. The summed E-state index contributed by atoms with van der Waals surface area (Å²) < 4.78 is 0. The number of benzene rings is 1. The van der Waals surface area contributed by atoms with Gasteiger partial charge in [-0.25, -0.2) is 4.79 Å². The molecule has 0 bridgehead atoms. The largest absolute Gasteiger partial charge is 0.481 e. The first kappa shape index (κ1) is 15.0. The van der Waals surface area contributed by atoms with Crippen LogP contribution in [0.3, 0.4) is 0 Å². The van der Waals surface area contributed by atoms with Gasteiger partial charge in [-0.3, -0.25) is 4.79 Å². The number of amides is 2. The van der Waals surface area contributed by atoms with Crippen molar-refractivity contribution < 1.29 is 14.7 Å². The second-order valence-electron chi connectivity index (χ2n) is 4.48. The molecule has 0 saturated heterocycles. The number of para-hydroxylation sites is 1. The van der Waals surface area contributed by atoms with Crippen LogP contribution in [0.5, 0.6) is 0 Å². The number of carbonyl (C=O) groups excluding carboxylic acids is 1. The van der Waals surface area contributed by atoms with Crippen molar-refractivity contribution >= 4 is 17.7 Å². The van der Waals surface area contributed by atoms with Crippen LogP contribution in [-0.4, -0.2) is 23.7 Å². The Hall–Kier alpha value is -2.04. The van der Waals surface area contributed by atoms with E-state index in [0.29, 0.717) is 0 Å². The average molecular weight is 264 g/mol. The topological polar surface area (TPSA) is 78.4 Å². The van der Waals surface area contributed by atoms with Crippen molar-refractivity contribution in [2.75, 3.05) is 11.9 Å². The lowest BCUT2D eigenvalue weighted by Crippen LogP contribution is -2.34. The monoisotopic (exact) mass is 264 g/mol. The quantitative estimate of drug-likeness (QED) is 0.738. The summed E-state index contributed by atoms with van der Waals surface area (Å²) in [4.78, 5) is 22.3. The minimum absolute atomic E-state index is 0.108. The molecule has 3 N–H and O–H groups in total. The number of aryl methyl sites for hydroxylation is 1. The molecule has 1 atom stereocenters. The molecule has 0 aliphatic heterocycles. The molecule has 0 radical (unpaired) electrons. The van der Waals surface area contributed by atoms with Crippen LogP contribution in [-0.2, 0) is 11.2 Å². The van der Waals surface area contributed by atoms with Gasteiger partial charge < -0.3 is 15.7 Å². The first-order chi connectivity index (χ1) is 9.04. The first-order valence-electron chi connectivity index (χ1n) is 6.40. The van der Waals surface area contributed by atoms with Crippen LogP contribution < -0.4 is 10.6 Å². The molecule has 5 nitrogen and oxygen atoms in total. The molecule has 1 aromatic rings. The highest BCUT2D eigenvalue weighted by Crippen LogP contribution is 2.16. The van der Waals surface area contributed by atoms with Crippen LogP contribution in [0.4, 0.5) is 10.5 Å². The van der Waals surface area contributed by atoms with Gasteiger partial charge in [0.15, 0.2) is 0 Å². The SMILES string of the molecule is CCCc1ccccc1NC(=O)NCC(C)C(=O)O. The minimum Gasteiger partial charge on any atom is -0.481 e. The van der Waals surface area contributed by atoms with Crippen LogP contribution in [0, 0.1) is 5.92 Å². The number of carbonyl (C=O) groups is 2. The van der Waals surface area contributed by atoms with Crippen LogP contribution >= 0.6 is 0 Å². The Kier molecular flexibility index (Phi) is 5.85. The molecule has 1 aromatic carbocycles. The number of aliphatic carboxylic acids is 1. The number of carboxylic acids is 1. The van der Waals surface area contributed by atoms with Crippen LogP contribution in [0.1, 0.15) is 25.8 Å². The Labute approximate surface area is 113 Å². The predicted molar refractivity (Wildman–Crippen MR) is 74.3 cm³/mol. The molecule has 0 aromatic heterocycles. The number of rotatable bonds is 6. The number of hydrogen-bond acceptors (Lipinski definition) is 2. The van der Waals surface area contributed by atoms with Crippen molar-refractivity contribution in [3.05, 3.63) is 29.8 Å². The molecule has 5 heteroatoms. The van der Waals surface area contributed by atoms with E-state index in [-0.39, 0.29) is 12.6 Å². The first-order valence-corrected chi connectivity index (χ1v) is 6.40. The van der Waals surface area contributed by atoms with Gasteiger partial charge in [0.05, 0.1) is 5.92 Å². The van der Waals surface area contributed by atoms with E-state index >= 15 is 0 Å². The van der Waals surface area contributed by atoms with Gasteiger partial charge in [-0.1, -0.05) is 38.5 Å². The summed E-state index contributed by atoms with van der Waals surface area (Å²) in [5.74, 6) is -1.52. The van der Waals surface area contributed by atoms with Gasteiger partial charge in [0, 0.05) is 12.2 Å². The molecule has 19 heavy (non-hydrogen) atoms. The summed E-state index contributed by atoms with van der Waals surface area (Å²) in [5, 5.41) is 14.0. The van der Waals surface area contributed by atoms with E-state index in [9.17, 15) is 9.59 Å². The Balaban J connectivity index is 2.55. The summed E-state index contributed by atoms with van der Waals surface area (Å²) in [6, 6.07) is 7.22. The molecule has 0 aliphatic carbocycles. The third-order valence-electron chi connectivity index (χ3n) is 2.78. The highest BCUT2D eigenvalue weighted by Gasteiger charge is 2.12. The van der Waals surface area contributed by atoms with Crippen molar-refractivity contribution in [2.24, 2.45) is 5.92 Å². The smallest absolute Gasteiger partial charge is 0.319 e. The molecule has 1 rings (SSSR count). The van der Waals surface area contributed by atoms with Gasteiger partial charge in [-0.2, -0.15) is 0 Å². The maximum Gasteiger partial charge on any atom is 0.319 e. The van der Waals surface area contributed by atoms with Crippen LogP contribution in [0.2, 0.25) is 0 Å². The number of carboxylic acid groups (broad SMARTS) is 1. The van der Waals surface area contributed by atoms with E-state index in [1.165, 1.54) is 0 Å². The number of urea groups is 1. The predicted octanol–water partition coefficient (Wildman–Crippen LogP) is 2.48. The van der Waals surface area contributed by atoms with E-state index in [0.717, 1.165) is 24.1 Å². The summed E-state index contributed by atoms with van der Waals surface area (Å²) in [5.41, 5.74) is 1.84. The average Bonchev–Trinajstić information content (AvgIpc) is 2.38. The zero-order valence-electron chi connectivity index (χ0n) is 11.3. The van der Waals surface area contributed by atoms with E-state index in [4.69, 9.17) is 5.11 Å². The van der Waals surface area contributed by atoms with Gasteiger partial charge in [-0.15, -0.1) is 0 Å². The van der Waals surface area contributed by atoms with Gasteiger partial charge in [0.1, 0.15) is 0 Å². The second-order valence-corrected chi connectivity index (χ2v) is 4.48. The normalized spacial score (nSPS) is 11.7. The lowest BCUT2D eigenvalue weighted by atomic mass is 10.1. The molecule has 0 spiro atoms. The summed E-state index contributed by atoms with van der Waals surface area (Å²) in [6.45, 7) is 3.73. The van der Waals surface area contributed by atoms with E-state index in [1.807, 2.05) is 24.3 Å². The fraction of sp³-hybridized carbons (Fsp3) is 0.429. The zero-order chi connectivity index (χ0) is 14.3. The molecule has 0 fully saturated rings. The Morgan fingerprint density at radius 2 is 2.00 bits per heavy atom. The summed E-state index contributed by atoms with van der Waals surface area (Å²) in [7, 11) is 0. The number of anilines is 1. The molecule has 0 saturated carbocycles. The molecular weight excluding hydrogens is 244 g/mol. The van der Waals surface area contributed by atoms with Gasteiger partial charge in [-0.05, 0) is 18.1 Å². The standard InChI is InChI=1S/C14H20N2O3/c1-3-6-11-7-4-5-8-12(11)16-14(19)15-9-10(2)13(17)18/h4-5,7-8,10H,3,6,9H2,1-2H3,(H,17,18)(H2,15,16,19). The van der Waals surface area contributed by atoms with E-state index < -0.39 is 11.9 Å². The van der Waals surface area contributed by atoms with Crippen molar-refractivity contribution in [1.82, 2.24) is 5.32 Å². The van der Waals surface area contributed by atoms with Crippen LogP contribution in [0.25, 0.3) is 0 Å². The highest BCUT2D eigenvalue weighted by molar-refractivity contribution is 5.90. The fourth-order valence-corrected chi connectivity index (χ4v) is 1.63. The number of nitrogens with one attached hydrogen (secondary N) is 2. The lowest BCUT2D eigenvalue weighted by Gasteiger charge is -2.12. The summed E-state index contributed by atoms with van der Waals surface area (Å²) in [6.07, 6.45) is 1.89. The molecule has 1 unspecified atom stereocenters. The lowest BCUT2D eigenvalue weighted by molar-refractivity contribution is -0.140. The highest BCUT2D eigenvalue weighted by atomic mass is 16.4. The maximum absolute atomic E-state index is 11.7. The van der Waals surface area contributed by atoms with Gasteiger partial charge >= 0.3 is 12.0 Å². The molecule has 0 heterocycles. The second kappa shape index (κ2) is 7.41. The summed E-state index contributed by atoms with van der Waals surface area (Å²) >= 11 is 0. The third kappa shape index (κ3) is 4.99. The van der Waals surface area contributed by atoms with Crippen molar-refractivity contribution in [3.8, 4) is 0 Å². The van der Waals surface area contributed by atoms with Crippen molar-refractivity contribution in [1.29, 1.82) is 0 Å². The Morgan fingerprint density at radius 1 is 1.32 bits per heavy atom. The van der Waals surface area contributed by atoms with Gasteiger partial charge in [0.25, 0.3) is 0 Å². The van der Waals surface area contributed by atoms with Crippen LogP contribution in [0.15, 0.2) is 24.3 Å². The minimum atomic E-state index is -0.924. The van der Waals surface area contributed by atoms with E-state index in [2.05, 4.69) is 17.6 Å². The van der Waals surface area contributed by atoms with Gasteiger partial charge in [0.2, 0.25) is 0 Å². The van der Waals surface area contributed by atoms with Crippen molar-refractivity contribution in [3.63, 3.8) is 0 Å². The molecule has 2 amide bonds.